The lowest BCUT2D eigenvalue weighted by Gasteiger charge is -2.11. The van der Waals surface area contributed by atoms with Gasteiger partial charge in [-0.2, -0.15) is 5.10 Å². The zero-order chi connectivity index (χ0) is 18.1. The first-order valence-corrected chi connectivity index (χ1v) is 8.61. The smallest absolute Gasteiger partial charge is 0.250 e. The van der Waals surface area contributed by atoms with Crippen molar-refractivity contribution in [2.75, 3.05) is 5.32 Å². The highest BCUT2D eigenvalue weighted by molar-refractivity contribution is 6.30. The summed E-state index contributed by atoms with van der Waals surface area (Å²) in [5.74, 6) is 0. The molecule has 0 amide bonds. The summed E-state index contributed by atoms with van der Waals surface area (Å²) >= 11 is 6.05. The Morgan fingerprint density at radius 2 is 2.04 bits per heavy atom. The van der Waals surface area contributed by atoms with Gasteiger partial charge < -0.3 is 10.3 Å². The van der Waals surface area contributed by atoms with Gasteiger partial charge >= 0.3 is 0 Å². The molecule has 0 unspecified atom stereocenters. The van der Waals surface area contributed by atoms with Crippen LogP contribution in [0.25, 0.3) is 22.0 Å². The highest BCUT2D eigenvalue weighted by atomic mass is 35.5. The Morgan fingerprint density at radius 3 is 2.81 bits per heavy atom. The summed E-state index contributed by atoms with van der Waals surface area (Å²) in [5, 5.41) is 9.23. The SMILES string of the molecule is Cn1cc(-c2ccc3[nH]c(=O)cc(NCc4cccc(Cl)c4)c3c2)cn1. The minimum atomic E-state index is -0.139. The van der Waals surface area contributed by atoms with E-state index in [4.69, 9.17) is 11.6 Å². The predicted octanol–water partition coefficient (Wildman–Crippen LogP) is 4.19. The molecule has 0 aliphatic rings. The maximum atomic E-state index is 12.0. The first-order chi connectivity index (χ1) is 12.6. The molecular weight excluding hydrogens is 348 g/mol. The van der Waals surface area contributed by atoms with E-state index in [1.165, 1.54) is 0 Å². The van der Waals surface area contributed by atoms with Crippen LogP contribution in [0.15, 0.2) is 65.7 Å². The van der Waals surface area contributed by atoms with Crippen LogP contribution in [0.2, 0.25) is 5.02 Å². The summed E-state index contributed by atoms with van der Waals surface area (Å²) in [6, 6.07) is 15.2. The van der Waals surface area contributed by atoms with Crippen LogP contribution >= 0.6 is 11.6 Å². The highest BCUT2D eigenvalue weighted by Crippen LogP contribution is 2.27. The van der Waals surface area contributed by atoms with Crippen LogP contribution in [0.4, 0.5) is 5.69 Å². The zero-order valence-electron chi connectivity index (χ0n) is 14.2. The number of aryl methyl sites for hydroxylation is 1. The molecule has 0 saturated carbocycles. The summed E-state index contributed by atoms with van der Waals surface area (Å²) in [5.41, 5.74) is 4.56. The van der Waals surface area contributed by atoms with Crippen molar-refractivity contribution < 1.29 is 0 Å². The normalized spacial score (nSPS) is 11.0. The molecule has 0 aliphatic carbocycles. The summed E-state index contributed by atoms with van der Waals surface area (Å²) in [6.45, 7) is 0.580. The number of rotatable bonds is 4. The molecule has 0 radical (unpaired) electrons. The van der Waals surface area contributed by atoms with Crippen molar-refractivity contribution in [3.8, 4) is 11.1 Å². The number of anilines is 1. The average molecular weight is 365 g/mol. The molecule has 130 valence electrons. The number of H-pyrrole nitrogens is 1. The van der Waals surface area contributed by atoms with Crippen LogP contribution in [0.1, 0.15) is 5.56 Å². The molecule has 4 aromatic rings. The minimum Gasteiger partial charge on any atom is -0.380 e. The number of fused-ring (bicyclic) bond motifs is 1. The molecule has 2 N–H and O–H groups in total. The molecule has 4 rings (SSSR count). The van der Waals surface area contributed by atoms with Crippen LogP contribution < -0.4 is 10.9 Å². The van der Waals surface area contributed by atoms with Crippen molar-refractivity contribution >= 4 is 28.2 Å². The van der Waals surface area contributed by atoms with Gasteiger partial charge in [0.25, 0.3) is 0 Å². The number of nitrogens with one attached hydrogen (secondary N) is 2. The molecule has 26 heavy (non-hydrogen) atoms. The predicted molar refractivity (Wildman–Crippen MR) is 106 cm³/mol. The molecule has 2 aromatic heterocycles. The van der Waals surface area contributed by atoms with Gasteiger partial charge in [0.05, 0.1) is 11.7 Å². The maximum absolute atomic E-state index is 12.0. The van der Waals surface area contributed by atoms with Gasteiger partial charge in [0, 0.05) is 47.5 Å². The van der Waals surface area contributed by atoms with Gasteiger partial charge in [0.2, 0.25) is 5.56 Å². The van der Waals surface area contributed by atoms with Gasteiger partial charge in [-0.15, -0.1) is 0 Å². The number of hydrogen-bond donors (Lipinski definition) is 2. The van der Waals surface area contributed by atoms with Crippen molar-refractivity contribution in [1.29, 1.82) is 0 Å². The second-order valence-corrected chi connectivity index (χ2v) is 6.63. The lowest BCUT2D eigenvalue weighted by molar-refractivity contribution is 0.768. The zero-order valence-corrected chi connectivity index (χ0v) is 14.9. The van der Waals surface area contributed by atoms with E-state index >= 15 is 0 Å². The Balaban J connectivity index is 1.73. The standard InChI is InChI=1S/C20H17ClN4O/c1-25-12-15(11-23-25)14-5-6-18-17(8-14)19(9-20(26)24-18)22-10-13-3-2-4-16(21)7-13/h2-9,11-12H,10H2,1H3,(H2,22,24,26). The molecule has 0 aliphatic heterocycles. The van der Waals surface area contributed by atoms with E-state index in [1.54, 1.807) is 10.7 Å². The molecule has 6 heteroatoms. The van der Waals surface area contributed by atoms with Crippen LogP contribution in [0.5, 0.6) is 0 Å². The number of nitrogens with zero attached hydrogens (tertiary/aromatic N) is 2. The van der Waals surface area contributed by atoms with E-state index in [1.807, 2.05) is 55.8 Å². The van der Waals surface area contributed by atoms with Crippen molar-refractivity contribution in [2.45, 2.75) is 6.54 Å². The van der Waals surface area contributed by atoms with Gasteiger partial charge in [0.1, 0.15) is 0 Å². The quantitative estimate of drug-likeness (QED) is 0.570. The highest BCUT2D eigenvalue weighted by Gasteiger charge is 2.07. The summed E-state index contributed by atoms with van der Waals surface area (Å²) in [7, 11) is 1.89. The third kappa shape index (κ3) is 3.34. The topological polar surface area (TPSA) is 62.7 Å². The van der Waals surface area contributed by atoms with E-state index in [2.05, 4.69) is 21.5 Å². The molecule has 2 heterocycles. The van der Waals surface area contributed by atoms with E-state index in [9.17, 15) is 4.79 Å². The first kappa shape index (κ1) is 16.4. The van der Waals surface area contributed by atoms with Crippen molar-refractivity contribution in [3.63, 3.8) is 0 Å². The van der Waals surface area contributed by atoms with Crippen LogP contribution in [-0.2, 0) is 13.6 Å². The number of hydrogen-bond acceptors (Lipinski definition) is 3. The maximum Gasteiger partial charge on any atom is 0.250 e. The van der Waals surface area contributed by atoms with Crippen molar-refractivity contribution in [1.82, 2.24) is 14.8 Å². The summed E-state index contributed by atoms with van der Waals surface area (Å²) in [6.07, 6.45) is 3.79. The summed E-state index contributed by atoms with van der Waals surface area (Å²) < 4.78 is 1.77. The molecule has 0 bridgehead atoms. The lowest BCUT2D eigenvalue weighted by atomic mass is 10.1. The molecule has 0 fully saturated rings. The monoisotopic (exact) mass is 364 g/mol. The van der Waals surface area contributed by atoms with Gasteiger partial charge in [-0.25, -0.2) is 0 Å². The Bertz CT molecular complexity index is 1150. The van der Waals surface area contributed by atoms with Crippen LogP contribution in [-0.4, -0.2) is 14.8 Å². The molecule has 0 saturated heterocycles. The second-order valence-electron chi connectivity index (χ2n) is 6.19. The average Bonchev–Trinajstić information content (AvgIpc) is 3.06. The third-order valence-corrected chi connectivity index (χ3v) is 4.49. The van der Waals surface area contributed by atoms with Gasteiger partial charge in [0.15, 0.2) is 0 Å². The van der Waals surface area contributed by atoms with Crippen LogP contribution in [0, 0.1) is 0 Å². The van der Waals surface area contributed by atoms with Crippen LogP contribution in [0.3, 0.4) is 0 Å². The molecular formula is C20H17ClN4O. The van der Waals surface area contributed by atoms with Crippen molar-refractivity contribution in [3.05, 3.63) is 81.9 Å². The van der Waals surface area contributed by atoms with E-state index < -0.39 is 0 Å². The number of aromatic amines is 1. The van der Waals surface area contributed by atoms with Gasteiger partial charge in [-0.05, 0) is 35.4 Å². The lowest BCUT2D eigenvalue weighted by Crippen LogP contribution is -2.08. The molecule has 5 nitrogen and oxygen atoms in total. The van der Waals surface area contributed by atoms with Gasteiger partial charge in [-0.3, -0.25) is 9.48 Å². The third-order valence-electron chi connectivity index (χ3n) is 4.25. The molecule has 0 atom stereocenters. The van der Waals surface area contributed by atoms with Gasteiger partial charge in [-0.1, -0.05) is 29.8 Å². The fourth-order valence-corrected chi connectivity index (χ4v) is 3.21. The molecule has 0 spiro atoms. The Labute approximate surface area is 155 Å². The van der Waals surface area contributed by atoms with E-state index in [0.29, 0.717) is 11.6 Å². The number of benzene rings is 2. The number of pyridine rings is 1. The number of halogens is 1. The fourth-order valence-electron chi connectivity index (χ4n) is 2.99. The van der Waals surface area contributed by atoms with E-state index in [-0.39, 0.29) is 5.56 Å². The molecule has 2 aromatic carbocycles. The second kappa shape index (κ2) is 6.69. The van der Waals surface area contributed by atoms with E-state index in [0.717, 1.165) is 33.3 Å². The van der Waals surface area contributed by atoms with Crippen molar-refractivity contribution in [2.24, 2.45) is 7.05 Å². The Kier molecular flexibility index (Phi) is 4.22. The largest absolute Gasteiger partial charge is 0.380 e. The fraction of sp³-hybridized carbons (Fsp3) is 0.100. The number of aromatic nitrogens is 3. The minimum absolute atomic E-state index is 0.139. The summed E-state index contributed by atoms with van der Waals surface area (Å²) in [4.78, 5) is 14.9. The Hall–Kier alpha value is -3.05. The Morgan fingerprint density at radius 1 is 1.15 bits per heavy atom. The first-order valence-electron chi connectivity index (χ1n) is 8.23.